The number of hydrogen-bond donors (Lipinski definition) is 1. The summed E-state index contributed by atoms with van der Waals surface area (Å²) in [6.07, 6.45) is 9.11. The third-order valence-corrected chi connectivity index (χ3v) is 2.44. The van der Waals surface area contributed by atoms with Gasteiger partial charge in [0.25, 0.3) is 0 Å². The zero-order valence-corrected chi connectivity index (χ0v) is 7.66. The highest BCUT2D eigenvalue weighted by Crippen LogP contribution is 2.26. The summed E-state index contributed by atoms with van der Waals surface area (Å²) >= 11 is 0. The Labute approximate surface area is 78.5 Å². The molecule has 2 N–H and O–H groups in total. The predicted octanol–water partition coefficient (Wildman–Crippen LogP) is 2.62. The summed E-state index contributed by atoms with van der Waals surface area (Å²) in [5, 5.41) is 0. The Morgan fingerprint density at radius 3 is 2.92 bits per heavy atom. The van der Waals surface area contributed by atoms with Gasteiger partial charge in [0.1, 0.15) is 5.82 Å². The maximum atomic E-state index is 5.63. The molecule has 0 saturated heterocycles. The molecule has 1 aliphatic rings. The van der Waals surface area contributed by atoms with E-state index in [2.05, 4.69) is 11.1 Å². The average Bonchev–Trinajstić information content (AvgIpc) is 2.19. The molecule has 0 spiro atoms. The van der Waals surface area contributed by atoms with Crippen LogP contribution in [-0.2, 0) is 0 Å². The molecular formula is C11H14N2. The molecule has 0 aromatic carbocycles. The first-order valence-corrected chi connectivity index (χ1v) is 4.77. The van der Waals surface area contributed by atoms with Gasteiger partial charge in [-0.25, -0.2) is 4.98 Å². The normalized spacial score (nSPS) is 16.8. The summed E-state index contributed by atoms with van der Waals surface area (Å²) < 4.78 is 0. The van der Waals surface area contributed by atoms with Gasteiger partial charge in [0.05, 0.1) is 0 Å². The van der Waals surface area contributed by atoms with Gasteiger partial charge in [-0.3, -0.25) is 0 Å². The molecule has 1 aromatic heterocycles. The first-order chi connectivity index (χ1) is 6.36. The number of allylic oxidation sites excluding steroid dienone is 2. The van der Waals surface area contributed by atoms with E-state index in [1.165, 1.54) is 36.8 Å². The Morgan fingerprint density at radius 2 is 2.23 bits per heavy atom. The monoisotopic (exact) mass is 174 g/mol. The Bertz CT molecular complexity index is 329. The minimum atomic E-state index is 0.615. The molecule has 13 heavy (non-hydrogen) atoms. The van der Waals surface area contributed by atoms with Gasteiger partial charge in [0, 0.05) is 6.20 Å². The highest BCUT2D eigenvalue weighted by atomic mass is 14.8. The zero-order valence-electron chi connectivity index (χ0n) is 7.66. The summed E-state index contributed by atoms with van der Waals surface area (Å²) in [6.45, 7) is 0. The highest BCUT2D eigenvalue weighted by Gasteiger charge is 2.05. The summed E-state index contributed by atoms with van der Waals surface area (Å²) in [5.41, 5.74) is 8.30. The highest BCUT2D eigenvalue weighted by molar-refractivity contribution is 5.67. The molecule has 0 amide bonds. The molecule has 2 heteroatoms. The molecule has 0 atom stereocenters. The first-order valence-electron chi connectivity index (χ1n) is 4.77. The van der Waals surface area contributed by atoms with Crippen molar-refractivity contribution in [1.82, 2.24) is 4.98 Å². The van der Waals surface area contributed by atoms with Crippen LogP contribution in [0.4, 0.5) is 5.82 Å². The molecule has 0 bridgehead atoms. The molecule has 0 unspecified atom stereocenters. The minimum Gasteiger partial charge on any atom is -0.384 e. The lowest BCUT2D eigenvalue weighted by Crippen LogP contribution is -1.95. The van der Waals surface area contributed by atoms with E-state index in [1.54, 1.807) is 6.20 Å². The van der Waals surface area contributed by atoms with Crippen molar-refractivity contribution in [3.05, 3.63) is 30.0 Å². The first kappa shape index (κ1) is 8.30. The number of rotatable bonds is 1. The van der Waals surface area contributed by atoms with Gasteiger partial charge < -0.3 is 5.73 Å². The van der Waals surface area contributed by atoms with Crippen molar-refractivity contribution in [2.75, 3.05) is 5.73 Å². The molecular weight excluding hydrogens is 160 g/mol. The fraction of sp³-hybridized carbons (Fsp3) is 0.364. The summed E-state index contributed by atoms with van der Waals surface area (Å²) in [7, 11) is 0. The van der Waals surface area contributed by atoms with Crippen LogP contribution < -0.4 is 5.73 Å². The van der Waals surface area contributed by atoms with Crippen molar-refractivity contribution in [2.24, 2.45) is 0 Å². The Balaban J connectivity index is 2.29. The van der Waals surface area contributed by atoms with Gasteiger partial charge in [-0.15, -0.1) is 0 Å². The second-order valence-electron chi connectivity index (χ2n) is 3.44. The van der Waals surface area contributed by atoms with Crippen LogP contribution in [0.2, 0.25) is 0 Å². The largest absolute Gasteiger partial charge is 0.384 e. The molecule has 1 heterocycles. The van der Waals surface area contributed by atoms with Crippen molar-refractivity contribution < 1.29 is 0 Å². The van der Waals surface area contributed by atoms with Crippen LogP contribution in [0, 0.1) is 0 Å². The molecule has 1 aromatic rings. The van der Waals surface area contributed by atoms with E-state index >= 15 is 0 Å². The number of aromatic nitrogens is 1. The van der Waals surface area contributed by atoms with Crippen molar-refractivity contribution in [3.63, 3.8) is 0 Å². The fourth-order valence-corrected chi connectivity index (χ4v) is 1.75. The molecule has 2 nitrogen and oxygen atoms in total. The van der Waals surface area contributed by atoms with Crippen LogP contribution in [-0.4, -0.2) is 4.98 Å². The van der Waals surface area contributed by atoms with E-state index in [4.69, 9.17) is 5.73 Å². The van der Waals surface area contributed by atoms with Gasteiger partial charge >= 0.3 is 0 Å². The molecule has 0 radical (unpaired) electrons. The van der Waals surface area contributed by atoms with Crippen molar-refractivity contribution >= 4 is 11.4 Å². The lowest BCUT2D eigenvalue weighted by atomic mass is 9.94. The van der Waals surface area contributed by atoms with Crippen molar-refractivity contribution in [3.8, 4) is 0 Å². The second-order valence-corrected chi connectivity index (χ2v) is 3.44. The van der Waals surface area contributed by atoms with E-state index in [9.17, 15) is 0 Å². The van der Waals surface area contributed by atoms with Gasteiger partial charge in [0.15, 0.2) is 0 Å². The average molecular weight is 174 g/mol. The van der Waals surface area contributed by atoms with E-state index < -0.39 is 0 Å². The minimum absolute atomic E-state index is 0.615. The third-order valence-electron chi connectivity index (χ3n) is 2.44. The second kappa shape index (κ2) is 3.60. The molecule has 0 aliphatic heterocycles. The zero-order chi connectivity index (χ0) is 9.10. The maximum absolute atomic E-state index is 5.63. The van der Waals surface area contributed by atoms with E-state index in [0.29, 0.717) is 5.82 Å². The van der Waals surface area contributed by atoms with E-state index in [0.717, 1.165) is 0 Å². The van der Waals surface area contributed by atoms with E-state index in [-0.39, 0.29) is 0 Å². The SMILES string of the molecule is Nc1cc(C2=CCCCC2)ccn1. The molecule has 0 saturated carbocycles. The Hall–Kier alpha value is -1.31. The lowest BCUT2D eigenvalue weighted by molar-refractivity contribution is 0.742. The number of anilines is 1. The smallest absolute Gasteiger partial charge is 0.123 e. The van der Waals surface area contributed by atoms with Crippen LogP contribution in [0.15, 0.2) is 24.4 Å². The molecule has 0 fully saturated rings. The number of pyridine rings is 1. The number of hydrogen-bond acceptors (Lipinski definition) is 2. The standard InChI is InChI=1S/C11H14N2/c12-11-8-10(6-7-13-11)9-4-2-1-3-5-9/h4,6-8H,1-3,5H2,(H2,12,13). The third kappa shape index (κ3) is 1.89. The van der Waals surface area contributed by atoms with Gasteiger partial charge in [0.2, 0.25) is 0 Å². The van der Waals surface area contributed by atoms with Crippen LogP contribution in [0.3, 0.4) is 0 Å². The van der Waals surface area contributed by atoms with Gasteiger partial charge in [-0.05, 0) is 49.0 Å². The molecule has 68 valence electrons. The summed E-state index contributed by atoms with van der Waals surface area (Å²) in [4.78, 5) is 3.99. The Morgan fingerprint density at radius 1 is 1.31 bits per heavy atom. The summed E-state index contributed by atoms with van der Waals surface area (Å²) in [5.74, 6) is 0.615. The number of nitrogens with zero attached hydrogens (tertiary/aromatic N) is 1. The van der Waals surface area contributed by atoms with Crippen LogP contribution in [0.5, 0.6) is 0 Å². The lowest BCUT2D eigenvalue weighted by Gasteiger charge is -2.12. The van der Waals surface area contributed by atoms with Gasteiger partial charge in [-0.1, -0.05) is 6.08 Å². The van der Waals surface area contributed by atoms with Crippen molar-refractivity contribution in [1.29, 1.82) is 0 Å². The molecule has 2 rings (SSSR count). The van der Waals surface area contributed by atoms with Gasteiger partial charge in [-0.2, -0.15) is 0 Å². The Kier molecular flexibility index (Phi) is 2.30. The maximum Gasteiger partial charge on any atom is 0.123 e. The predicted molar refractivity (Wildman–Crippen MR) is 55.1 cm³/mol. The quantitative estimate of drug-likeness (QED) is 0.710. The van der Waals surface area contributed by atoms with Crippen LogP contribution in [0.1, 0.15) is 31.2 Å². The van der Waals surface area contributed by atoms with Crippen LogP contribution in [0.25, 0.3) is 5.57 Å². The van der Waals surface area contributed by atoms with E-state index in [1.807, 2.05) is 12.1 Å². The van der Waals surface area contributed by atoms with Crippen molar-refractivity contribution in [2.45, 2.75) is 25.7 Å². The number of nitrogens with two attached hydrogens (primary N) is 1. The molecule has 1 aliphatic carbocycles. The topological polar surface area (TPSA) is 38.9 Å². The van der Waals surface area contributed by atoms with Crippen LogP contribution >= 0.6 is 0 Å². The fourth-order valence-electron chi connectivity index (χ4n) is 1.75. The number of nitrogen functional groups attached to an aromatic ring is 1. The summed E-state index contributed by atoms with van der Waals surface area (Å²) in [6, 6.07) is 3.99.